The number of fused-ring (bicyclic) bond motifs is 1. The molecule has 206 valence electrons. The molecule has 0 spiro atoms. The average Bonchev–Trinajstić information content (AvgIpc) is 3.23. The van der Waals surface area contributed by atoms with Crippen LogP contribution in [0.1, 0.15) is 31.2 Å². The fraction of sp³-hybridized carbons (Fsp3) is 0.321. The van der Waals surface area contributed by atoms with Gasteiger partial charge in [-0.2, -0.15) is 4.31 Å². The Balaban J connectivity index is 1.32. The lowest BCUT2D eigenvalue weighted by Crippen LogP contribution is -2.49. The van der Waals surface area contributed by atoms with Crippen LogP contribution < -0.4 is 14.4 Å². The molecule has 0 aromatic heterocycles. The monoisotopic (exact) mass is 569 g/mol. The van der Waals surface area contributed by atoms with Gasteiger partial charge in [-0.1, -0.05) is 55.3 Å². The molecule has 1 saturated heterocycles. The van der Waals surface area contributed by atoms with Crippen molar-refractivity contribution in [1.29, 1.82) is 0 Å². The maximum Gasteiger partial charge on any atom is 0.267 e. The number of hydrogen-bond acceptors (Lipinski definition) is 6. The molecule has 1 N–H and O–H groups in total. The van der Waals surface area contributed by atoms with Crippen LogP contribution >= 0.6 is 0 Å². The van der Waals surface area contributed by atoms with Crippen molar-refractivity contribution >= 4 is 37.3 Å². The maximum absolute atomic E-state index is 13.4. The highest BCUT2D eigenvalue weighted by atomic mass is 32.2. The van der Waals surface area contributed by atoms with Crippen LogP contribution in [0.4, 0.5) is 11.4 Å². The first kappa shape index (κ1) is 27.2. The fourth-order valence-corrected chi connectivity index (χ4v) is 7.93. The number of carbonyl (C=O) groups excluding carboxylic acids is 1. The van der Waals surface area contributed by atoms with Crippen molar-refractivity contribution in [2.24, 2.45) is 0 Å². The molecule has 9 nitrogen and oxygen atoms in total. The lowest BCUT2D eigenvalue weighted by Gasteiger charge is -2.34. The van der Waals surface area contributed by atoms with Crippen molar-refractivity contribution in [3.8, 4) is 5.75 Å². The predicted octanol–water partition coefficient (Wildman–Crippen LogP) is 3.99. The molecular weight excluding hydrogens is 538 g/mol. The van der Waals surface area contributed by atoms with Gasteiger partial charge in [0.25, 0.3) is 5.91 Å². The Hall–Kier alpha value is -3.41. The molecule has 0 aliphatic carbocycles. The molecule has 0 bridgehead atoms. The molecule has 1 amide bonds. The molecule has 3 aromatic carbocycles. The topological polar surface area (TPSA) is 113 Å². The zero-order chi connectivity index (χ0) is 27.5. The summed E-state index contributed by atoms with van der Waals surface area (Å²) < 4.78 is 61.6. The number of benzene rings is 3. The molecular formula is C28H31N3O6S2. The van der Waals surface area contributed by atoms with E-state index in [1.807, 2.05) is 6.07 Å². The SMILES string of the molecule is O=C(Nc1ccc(S(=O)(=O)N2CCCCCC2)cc1)[C@@H]1CN(S(=O)(=O)Cc2ccccc2)c2ccccc2O1. The van der Waals surface area contributed by atoms with E-state index >= 15 is 0 Å². The van der Waals surface area contributed by atoms with Crippen molar-refractivity contribution in [1.82, 2.24) is 4.31 Å². The van der Waals surface area contributed by atoms with Gasteiger partial charge in [0.05, 0.1) is 22.9 Å². The Bertz CT molecular complexity index is 1520. The number of anilines is 2. The van der Waals surface area contributed by atoms with Gasteiger partial charge < -0.3 is 10.1 Å². The summed E-state index contributed by atoms with van der Waals surface area (Å²) in [5, 5.41) is 2.74. The third kappa shape index (κ3) is 6.10. The van der Waals surface area contributed by atoms with E-state index in [0.717, 1.165) is 25.7 Å². The molecule has 2 aliphatic heterocycles. The predicted molar refractivity (Wildman–Crippen MR) is 150 cm³/mol. The molecule has 2 aliphatic rings. The van der Waals surface area contributed by atoms with Crippen molar-refractivity contribution in [2.75, 3.05) is 29.3 Å². The number of rotatable bonds is 7. The summed E-state index contributed by atoms with van der Waals surface area (Å²) >= 11 is 0. The quantitative estimate of drug-likeness (QED) is 0.461. The number of sulfonamides is 2. The van der Waals surface area contributed by atoms with E-state index in [9.17, 15) is 21.6 Å². The van der Waals surface area contributed by atoms with Gasteiger partial charge in [-0.3, -0.25) is 9.10 Å². The summed E-state index contributed by atoms with van der Waals surface area (Å²) in [5.74, 6) is -0.462. The minimum Gasteiger partial charge on any atom is -0.476 e. The van der Waals surface area contributed by atoms with E-state index in [1.54, 1.807) is 48.5 Å². The van der Waals surface area contributed by atoms with E-state index in [0.29, 0.717) is 35.8 Å². The summed E-state index contributed by atoms with van der Waals surface area (Å²) in [5.41, 5.74) is 1.40. The number of amides is 1. The molecule has 0 unspecified atom stereocenters. The number of hydrogen-bond donors (Lipinski definition) is 1. The second-order valence-corrected chi connectivity index (χ2v) is 13.5. The largest absolute Gasteiger partial charge is 0.476 e. The minimum atomic E-state index is -3.82. The van der Waals surface area contributed by atoms with Crippen LogP contribution in [0.15, 0.2) is 83.8 Å². The summed E-state index contributed by atoms with van der Waals surface area (Å²) in [4.78, 5) is 13.4. The third-order valence-electron chi connectivity index (χ3n) is 6.88. The van der Waals surface area contributed by atoms with Crippen LogP contribution in [0.25, 0.3) is 0 Å². The first-order valence-corrected chi connectivity index (χ1v) is 16.0. The Morgan fingerprint density at radius 2 is 1.46 bits per heavy atom. The Morgan fingerprint density at radius 3 is 2.15 bits per heavy atom. The van der Waals surface area contributed by atoms with E-state index < -0.39 is 32.1 Å². The highest BCUT2D eigenvalue weighted by Gasteiger charge is 2.37. The smallest absolute Gasteiger partial charge is 0.267 e. The summed E-state index contributed by atoms with van der Waals surface area (Å²) in [6.45, 7) is 0.815. The van der Waals surface area contributed by atoms with Gasteiger partial charge in [-0.15, -0.1) is 0 Å². The zero-order valence-electron chi connectivity index (χ0n) is 21.4. The normalized spacial score (nSPS) is 18.5. The maximum atomic E-state index is 13.4. The van der Waals surface area contributed by atoms with E-state index in [4.69, 9.17) is 4.74 Å². The van der Waals surface area contributed by atoms with Crippen LogP contribution in [0.2, 0.25) is 0 Å². The average molecular weight is 570 g/mol. The number of nitrogens with zero attached hydrogens (tertiary/aromatic N) is 2. The molecule has 39 heavy (non-hydrogen) atoms. The number of carbonyl (C=O) groups is 1. The molecule has 2 heterocycles. The minimum absolute atomic E-state index is 0.170. The van der Waals surface area contributed by atoms with Crippen molar-refractivity contribution in [2.45, 2.75) is 42.4 Å². The van der Waals surface area contributed by atoms with Gasteiger partial charge in [0, 0.05) is 18.8 Å². The van der Waals surface area contributed by atoms with Gasteiger partial charge in [0.1, 0.15) is 5.75 Å². The Morgan fingerprint density at radius 1 is 0.821 bits per heavy atom. The van der Waals surface area contributed by atoms with Gasteiger partial charge >= 0.3 is 0 Å². The Labute approximate surface area is 229 Å². The van der Waals surface area contributed by atoms with Crippen LogP contribution in [0.3, 0.4) is 0 Å². The van der Waals surface area contributed by atoms with Crippen LogP contribution in [0, 0.1) is 0 Å². The van der Waals surface area contributed by atoms with E-state index in [1.165, 1.54) is 32.9 Å². The fourth-order valence-electron chi connectivity index (χ4n) is 4.83. The van der Waals surface area contributed by atoms with Gasteiger partial charge in [0.15, 0.2) is 6.10 Å². The summed E-state index contributed by atoms with van der Waals surface area (Å²) in [6.07, 6.45) is 2.63. The molecule has 0 saturated carbocycles. The van der Waals surface area contributed by atoms with Crippen molar-refractivity contribution in [3.05, 3.63) is 84.4 Å². The van der Waals surface area contributed by atoms with Crippen LogP contribution in [-0.4, -0.2) is 52.8 Å². The first-order valence-electron chi connectivity index (χ1n) is 13.0. The molecule has 5 rings (SSSR count). The van der Waals surface area contributed by atoms with Crippen LogP contribution in [0.5, 0.6) is 5.75 Å². The third-order valence-corrected chi connectivity index (χ3v) is 10.5. The highest BCUT2D eigenvalue weighted by molar-refractivity contribution is 7.92. The molecule has 3 aromatic rings. The number of ether oxygens (including phenoxy) is 1. The number of nitrogens with one attached hydrogen (secondary N) is 1. The molecule has 1 fully saturated rings. The van der Waals surface area contributed by atoms with Gasteiger partial charge in [-0.25, -0.2) is 16.8 Å². The summed E-state index contributed by atoms with van der Waals surface area (Å²) in [7, 11) is -7.43. The lowest BCUT2D eigenvalue weighted by molar-refractivity contribution is -0.122. The lowest BCUT2D eigenvalue weighted by atomic mass is 10.2. The standard InChI is InChI=1S/C28H31N3O6S2/c32-28(29-23-14-16-24(17-15-23)39(35,36)30-18-8-1-2-9-19-30)27-20-31(25-12-6-7-13-26(25)37-27)38(33,34)21-22-10-4-3-5-11-22/h3-7,10-17,27H,1-2,8-9,18-21H2,(H,29,32)/t27-/m0/s1. The molecule has 1 atom stereocenters. The number of para-hydroxylation sites is 2. The summed E-state index contributed by atoms with van der Waals surface area (Å²) in [6, 6.07) is 21.6. The van der Waals surface area contributed by atoms with Gasteiger partial charge in [-0.05, 0) is 54.8 Å². The van der Waals surface area contributed by atoms with Crippen LogP contribution in [-0.2, 0) is 30.6 Å². The zero-order valence-corrected chi connectivity index (χ0v) is 23.0. The first-order chi connectivity index (χ1) is 18.7. The highest BCUT2D eigenvalue weighted by Crippen LogP contribution is 2.36. The second-order valence-electron chi connectivity index (χ2n) is 9.68. The molecule has 0 radical (unpaired) electrons. The second kappa shape index (κ2) is 11.4. The van der Waals surface area contributed by atoms with E-state index in [2.05, 4.69) is 5.32 Å². The van der Waals surface area contributed by atoms with Crippen molar-refractivity contribution in [3.63, 3.8) is 0 Å². The molecule has 11 heteroatoms. The van der Waals surface area contributed by atoms with E-state index in [-0.39, 0.29) is 17.2 Å². The van der Waals surface area contributed by atoms with Crippen molar-refractivity contribution < 1.29 is 26.4 Å². The Kier molecular flexibility index (Phi) is 7.92. The van der Waals surface area contributed by atoms with Gasteiger partial charge in [0.2, 0.25) is 20.0 Å².